The molecule has 0 spiro atoms. The molecule has 2 amide bonds. The average molecular weight is 370 g/mol. The molecule has 2 unspecified atom stereocenters. The fourth-order valence-corrected chi connectivity index (χ4v) is 5.25. The zero-order chi connectivity index (χ0) is 19.2. The minimum Gasteiger partial charge on any atom is -0.481 e. The highest BCUT2D eigenvalue weighted by Crippen LogP contribution is 2.49. The fraction of sp³-hybridized carbons (Fsp3) is 0.571. The summed E-state index contributed by atoms with van der Waals surface area (Å²) < 4.78 is 0. The highest BCUT2D eigenvalue weighted by atomic mass is 16.4. The van der Waals surface area contributed by atoms with E-state index in [0.717, 1.165) is 18.4 Å². The van der Waals surface area contributed by atoms with E-state index >= 15 is 0 Å². The Kier molecular flexibility index (Phi) is 4.44. The molecule has 3 aliphatic rings. The van der Waals surface area contributed by atoms with Gasteiger partial charge in [0.25, 0.3) is 0 Å². The molecule has 4 atom stereocenters. The summed E-state index contributed by atoms with van der Waals surface area (Å²) in [7, 11) is 0. The van der Waals surface area contributed by atoms with E-state index in [4.69, 9.17) is 0 Å². The van der Waals surface area contributed by atoms with Gasteiger partial charge in [0.15, 0.2) is 0 Å². The quantitative estimate of drug-likeness (QED) is 0.882. The highest BCUT2D eigenvalue weighted by molar-refractivity contribution is 5.90. The lowest BCUT2D eigenvalue weighted by Crippen LogP contribution is -2.40. The number of carbonyl (C=O) groups is 3. The lowest BCUT2D eigenvalue weighted by atomic mass is 9.81. The van der Waals surface area contributed by atoms with Crippen LogP contribution in [0.4, 0.5) is 0 Å². The molecular formula is C21H26N2O4. The maximum Gasteiger partial charge on any atom is 0.311 e. The van der Waals surface area contributed by atoms with Gasteiger partial charge >= 0.3 is 5.97 Å². The molecule has 1 aromatic rings. The Hall–Kier alpha value is -2.37. The van der Waals surface area contributed by atoms with Crippen molar-refractivity contribution in [3.8, 4) is 0 Å². The molecule has 1 N–H and O–H groups in total. The number of nitrogens with zero attached hydrogens (tertiary/aromatic N) is 2. The number of amides is 2. The third-order valence-electron chi connectivity index (χ3n) is 6.87. The first-order valence-electron chi connectivity index (χ1n) is 9.79. The van der Waals surface area contributed by atoms with Gasteiger partial charge in [-0.1, -0.05) is 36.8 Å². The average Bonchev–Trinajstić information content (AvgIpc) is 3.33. The first-order chi connectivity index (χ1) is 12.9. The number of rotatable bonds is 4. The lowest BCUT2D eigenvalue weighted by Gasteiger charge is -2.26. The molecule has 4 rings (SSSR count). The molecule has 27 heavy (non-hydrogen) atoms. The van der Waals surface area contributed by atoms with E-state index in [2.05, 4.69) is 0 Å². The van der Waals surface area contributed by atoms with Gasteiger partial charge in [-0.05, 0) is 31.2 Å². The molecule has 2 aliphatic heterocycles. The van der Waals surface area contributed by atoms with Gasteiger partial charge in [-0.3, -0.25) is 14.4 Å². The molecule has 2 saturated heterocycles. The van der Waals surface area contributed by atoms with Gasteiger partial charge in [0.2, 0.25) is 11.8 Å². The first kappa shape index (κ1) is 18.0. The standard InChI is InChI=1S/C21H26N2O4/c1-14(15-6-3-2-4-7-15)23-11-16(10-18(23)24)19(25)22-12-17-8-5-9-21(17,13-22)20(26)27/h2-4,6-7,14,16-17H,5,8-13H2,1H3,(H,26,27)/t14?,16?,17-,21+/m0/s1. The minimum atomic E-state index is -0.776. The highest BCUT2D eigenvalue weighted by Gasteiger charge is 2.56. The van der Waals surface area contributed by atoms with Crippen LogP contribution in [0, 0.1) is 17.3 Å². The molecule has 1 aromatic carbocycles. The number of carboxylic acids is 1. The van der Waals surface area contributed by atoms with Gasteiger partial charge in [-0.25, -0.2) is 0 Å². The van der Waals surface area contributed by atoms with Crippen molar-refractivity contribution in [1.82, 2.24) is 9.80 Å². The summed E-state index contributed by atoms with van der Waals surface area (Å²) in [5, 5.41) is 9.72. The van der Waals surface area contributed by atoms with Gasteiger partial charge in [-0.15, -0.1) is 0 Å². The summed E-state index contributed by atoms with van der Waals surface area (Å²) in [5.74, 6) is -1.15. The van der Waals surface area contributed by atoms with Crippen molar-refractivity contribution in [2.45, 2.75) is 38.6 Å². The Morgan fingerprint density at radius 2 is 1.96 bits per heavy atom. The van der Waals surface area contributed by atoms with E-state index in [0.29, 0.717) is 26.1 Å². The van der Waals surface area contributed by atoms with Crippen LogP contribution < -0.4 is 0 Å². The Morgan fingerprint density at radius 3 is 2.63 bits per heavy atom. The van der Waals surface area contributed by atoms with Crippen LogP contribution >= 0.6 is 0 Å². The van der Waals surface area contributed by atoms with E-state index in [1.165, 1.54) is 0 Å². The topological polar surface area (TPSA) is 77.9 Å². The molecule has 144 valence electrons. The SMILES string of the molecule is CC(c1ccccc1)N1CC(C(=O)N2C[C@@H]3CCC[C@@]3(C(=O)O)C2)CC1=O. The van der Waals surface area contributed by atoms with Crippen molar-refractivity contribution < 1.29 is 19.5 Å². The normalized spacial score (nSPS) is 31.2. The zero-order valence-electron chi connectivity index (χ0n) is 15.6. The second kappa shape index (κ2) is 6.66. The summed E-state index contributed by atoms with van der Waals surface area (Å²) in [6.07, 6.45) is 2.66. The maximum absolute atomic E-state index is 13.0. The first-order valence-corrected chi connectivity index (χ1v) is 9.79. The van der Waals surface area contributed by atoms with E-state index in [1.54, 1.807) is 9.80 Å². The van der Waals surface area contributed by atoms with Crippen molar-refractivity contribution in [3.63, 3.8) is 0 Å². The van der Waals surface area contributed by atoms with Gasteiger partial charge in [0, 0.05) is 26.1 Å². The number of benzene rings is 1. The number of carbonyl (C=O) groups excluding carboxylic acids is 2. The number of carboxylic acid groups (broad SMARTS) is 1. The van der Waals surface area contributed by atoms with Crippen molar-refractivity contribution in [3.05, 3.63) is 35.9 Å². The Labute approximate surface area is 159 Å². The van der Waals surface area contributed by atoms with Crippen molar-refractivity contribution in [2.24, 2.45) is 17.3 Å². The van der Waals surface area contributed by atoms with Gasteiger partial charge in [-0.2, -0.15) is 0 Å². The summed E-state index contributed by atoms with van der Waals surface area (Å²) >= 11 is 0. The summed E-state index contributed by atoms with van der Waals surface area (Å²) in [4.78, 5) is 40.9. The zero-order valence-corrected chi connectivity index (χ0v) is 15.6. The number of fused-ring (bicyclic) bond motifs is 1. The molecular weight excluding hydrogens is 344 g/mol. The second-order valence-corrected chi connectivity index (χ2v) is 8.30. The smallest absolute Gasteiger partial charge is 0.311 e. The van der Waals surface area contributed by atoms with E-state index in [1.807, 2.05) is 37.3 Å². The van der Waals surface area contributed by atoms with Crippen LogP contribution in [0.2, 0.25) is 0 Å². The molecule has 1 aliphatic carbocycles. The second-order valence-electron chi connectivity index (χ2n) is 8.30. The minimum absolute atomic E-state index is 0.00274. The summed E-state index contributed by atoms with van der Waals surface area (Å²) in [6, 6.07) is 9.75. The maximum atomic E-state index is 13.0. The van der Waals surface area contributed by atoms with E-state index < -0.39 is 11.4 Å². The number of hydrogen-bond donors (Lipinski definition) is 1. The Morgan fingerprint density at radius 1 is 1.22 bits per heavy atom. The molecule has 1 saturated carbocycles. The van der Waals surface area contributed by atoms with Crippen molar-refractivity contribution in [2.75, 3.05) is 19.6 Å². The van der Waals surface area contributed by atoms with Crippen LogP contribution in [-0.2, 0) is 14.4 Å². The predicted octanol–water partition coefficient (Wildman–Crippen LogP) is 2.31. The van der Waals surface area contributed by atoms with Gasteiger partial charge < -0.3 is 14.9 Å². The predicted molar refractivity (Wildman–Crippen MR) is 98.7 cm³/mol. The van der Waals surface area contributed by atoms with E-state index in [-0.39, 0.29) is 36.1 Å². The fourth-order valence-electron chi connectivity index (χ4n) is 5.25. The van der Waals surface area contributed by atoms with Gasteiger partial charge in [0.1, 0.15) is 0 Å². The van der Waals surface area contributed by atoms with Crippen molar-refractivity contribution >= 4 is 17.8 Å². The van der Waals surface area contributed by atoms with Gasteiger partial charge in [0.05, 0.1) is 17.4 Å². The third kappa shape index (κ3) is 2.91. The molecule has 3 fully saturated rings. The van der Waals surface area contributed by atoms with Crippen LogP contribution in [0.1, 0.15) is 44.2 Å². The van der Waals surface area contributed by atoms with Crippen LogP contribution in [0.15, 0.2) is 30.3 Å². The largest absolute Gasteiger partial charge is 0.481 e. The van der Waals surface area contributed by atoms with Crippen molar-refractivity contribution in [1.29, 1.82) is 0 Å². The molecule has 6 nitrogen and oxygen atoms in total. The lowest BCUT2D eigenvalue weighted by molar-refractivity contribution is -0.149. The molecule has 0 bridgehead atoms. The molecule has 0 aromatic heterocycles. The Balaban J connectivity index is 1.45. The molecule has 0 radical (unpaired) electrons. The number of likely N-dealkylation sites (tertiary alicyclic amines) is 2. The summed E-state index contributed by atoms with van der Waals surface area (Å²) in [5.41, 5.74) is 0.287. The molecule has 6 heteroatoms. The van der Waals surface area contributed by atoms with Crippen LogP contribution in [0.5, 0.6) is 0 Å². The monoisotopic (exact) mass is 370 g/mol. The number of hydrogen-bond acceptors (Lipinski definition) is 3. The van der Waals surface area contributed by atoms with Crippen LogP contribution in [-0.4, -0.2) is 52.3 Å². The summed E-state index contributed by atoms with van der Waals surface area (Å²) in [6.45, 7) is 3.21. The van der Waals surface area contributed by atoms with Crippen LogP contribution in [0.3, 0.4) is 0 Å². The van der Waals surface area contributed by atoms with E-state index in [9.17, 15) is 19.5 Å². The van der Waals surface area contributed by atoms with Crippen LogP contribution in [0.25, 0.3) is 0 Å². The molecule has 2 heterocycles. The third-order valence-corrected chi connectivity index (χ3v) is 6.87. The Bertz CT molecular complexity index is 765. The number of aliphatic carboxylic acids is 1.